The van der Waals surface area contributed by atoms with Crippen molar-refractivity contribution in [2.45, 2.75) is 30.2 Å². The number of halogens is 1. The zero-order valence-corrected chi connectivity index (χ0v) is 14.7. The van der Waals surface area contributed by atoms with Gasteiger partial charge in [0.15, 0.2) is 0 Å². The number of anilines is 1. The third kappa shape index (κ3) is 3.42. The van der Waals surface area contributed by atoms with Gasteiger partial charge in [-0.15, -0.1) is 35.5 Å². The molecule has 1 unspecified atom stereocenters. The van der Waals surface area contributed by atoms with Crippen LogP contribution >= 0.6 is 35.5 Å². The minimum atomic E-state index is 0. The quantitative estimate of drug-likeness (QED) is 0.638. The number of nitrogens with two attached hydrogens (primary N) is 1. The molecule has 3 N–H and O–H groups in total. The fourth-order valence-electron chi connectivity index (χ4n) is 2.83. The number of thioether (sulfide) groups is 1. The number of hydrogen-bond donors (Lipinski definition) is 2. The van der Waals surface area contributed by atoms with E-state index < -0.39 is 0 Å². The number of nitrogen functional groups attached to an aromatic ring is 1. The molecule has 0 saturated heterocycles. The molecule has 1 amide bonds. The third-order valence-corrected chi connectivity index (χ3v) is 5.66. The van der Waals surface area contributed by atoms with Crippen LogP contribution in [0.25, 0.3) is 0 Å². The highest BCUT2D eigenvalue weighted by atomic mass is 35.5. The van der Waals surface area contributed by atoms with Crippen molar-refractivity contribution in [3.63, 3.8) is 0 Å². The molecule has 6 heteroatoms. The molecule has 3 nitrogen and oxygen atoms in total. The normalized spacial score (nSPS) is 16.5. The van der Waals surface area contributed by atoms with Gasteiger partial charge in [0.2, 0.25) is 0 Å². The second-order valence-electron chi connectivity index (χ2n) is 5.19. The summed E-state index contributed by atoms with van der Waals surface area (Å²) in [6.45, 7) is 0. The Hall–Kier alpha value is -1.17. The second kappa shape index (κ2) is 7.40. The van der Waals surface area contributed by atoms with Gasteiger partial charge < -0.3 is 11.1 Å². The number of carbonyl (C=O) groups excluding carboxylic acids is 1. The molecule has 22 heavy (non-hydrogen) atoms. The van der Waals surface area contributed by atoms with Crippen molar-refractivity contribution in [2.24, 2.45) is 0 Å². The average Bonchev–Trinajstić information content (AvgIpc) is 2.95. The molecular formula is C16H19ClN2OS2. The van der Waals surface area contributed by atoms with Crippen LogP contribution in [0.4, 0.5) is 5.69 Å². The summed E-state index contributed by atoms with van der Waals surface area (Å²) in [6.07, 6.45) is 5.11. The number of benzene rings is 1. The van der Waals surface area contributed by atoms with Crippen LogP contribution in [-0.4, -0.2) is 12.2 Å². The van der Waals surface area contributed by atoms with Crippen LogP contribution in [0, 0.1) is 0 Å². The lowest BCUT2D eigenvalue weighted by Crippen LogP contribution is -2.30. The van der Waals surface area contributed by atoms with Crippen molar-refractivity contribution in [3.8, 4) is 0 Å². The molecule has 3 rings (SSSR count). The lowest BCUT2D eigenvalue weighted by atomic mass is 9.87. The van der Waals surface area contributed by atoms with Gasteiger partial charge in [-0.1, -0.05) is 6.07 Å². The predicted octanol–water partition coefficient (Wildman–Crippen LogP) is 4.28. The molecule has 0 fully saturated rings. The van der Waals surface area contributed by atoms with E-state index in [1.165, 1.54) is 22.5 Å². The number of amides is 1. The molecule has 1 aromatic heterocycles. The Bertz CT molecular complexity index is 672. The van der Waals surface area contributed by atoms with E-state index in [1.54, 1.807) is 11.8 Å². The van der Waals surface area contributed by atoms with Gasteiger partial charge in [0.1, 0.15) is 4.88 Å². The molecule has 0 saturated carbocycles. The maximum absolute atomic E-state index is 12.5. The Labute approximate surface area is 145 Å². The molecule has 0 radical (unpaired) electrons. The van der Waals surface area contributed by atoms with Crippen molar-refractivity contribution < 1.29 is 4.79 Å². The third-order valence-electron chi connectivity index (χ3n) is 3.84. The zero-order chi connectivity index (χ0) is 14.8. The first-order valence-corrected chi connectivity index (χ1v) is 9.10. The Morgan fingerprint density at radius 2 is 2.23 bits per heavy atom. The van der Waals surface area contributed by atoms with Crippen LogP contribution in [0.3, 0.4) is 0 Å². The van der Waals surface area contributed by atoms with Crippen LogP contribution in [0.5, 0.6) is 0 Å². The second-order valence-corrected chi connectivity index (χ2v) is 6.96. The zero-order valence-electron chi connectivity index (χ0n) is 12.3. The molecular weight excluding hydrogens is 336 g/mol. The molecule has 1 aliphatic carbocycles. The van der Waals surface area contributed by atoms with E-state index in [2.05, 4.69) is 11.4 Å². The molecule has 1 aromatic carbocycles. The van der Waals surface area contributed by atoms with Crippen LogP contribution in [-0.2, 0) is 6.42 Å². The van der Waals surface area contributed by atoms with Gasteiger partial charge in [0.05, 0.1) is 6.04 Å². The summed E-state index contributed by atoms with van der Waals surface area (Å²) in [5, 5.41) is 5.16. The smallest absolute Gasteiger partial charge is 0.262 e. The van der Waals surface area contributed by atoms with Gasteiger partial charge in [-0.2, -0.15) is 0 Å². The van der Waals surface area contributed by atoms with Crippen LogP contribution < -0.4 is 11.1 Å². The molecule has 2 aromatic rings. The van der Waals surface area contributed by atoms with Gasteiger partial charge in [-0.05, 0) is 60.2 Å². The molecule has 1 heterocycles. The molecule has 0 bridgehead atoms. The lowest BCUT2D eigenvalue weighted by Gasteiger charge is -2.26. The lowest BCUT2D eigenvalue weighted by molar-refractivity contribution is 0.0934. The maximum atomic E-state index is 12.5. The number of nitrogens with one attached hydrogen (secondary N) is 1. The van der Waals surface area contributed by atoms with Crippen LogP contribution in [0.1, 0.15) is 39.7 Å². The number of hydrogen-bond acceptors (Lipinski definition) is 4. The summed E-state index contributed by atoms with van der Waals surface area (Å²) >= 11 is 3.11. The molecule has 1 atom stereocenters. The van der Waals surface area contributed by atoms with E-state index in [0.717, 1.165) is 34.7 Å². The first-order valence-electron chi connectivity index (χ1n) is 6.99. The monoisotopic (exact) mass is 354 g/mol. The SMILES string of the molecule is CSc1ccsc1C(=O)NC1CCCc2cc(N)ccc21.Cl. The minimum absolute atomic E-state index is 0. The summed E-state index contributed by atoms with van der Waals surface area (Å²) in [4.78, 5) is 14.3. The van der Waals surface area contributed by atoms with Crippen molar-refractivity contribution in [3.05, 3.63) is 45.6 Å². The van der Waals surface area contributed by atoms with Crippen molar-refractivity contribution in [1.29, 1.82) is 0 Å². The number of fused-ring (bicyclic) bond motifs is 1. The Kier molecular flexibility index (Phi) is 5.78. The highest BCUT2D eigenvalue weighted by Crippen LogP contribution is 2.32. The predicted molar refractivity (Wildman–Crippen MR) is 97.3 cm³/mol. The summed E-state index contributed by atoms with van der Waals surface area (Å²) in [7, 11) is 0. The Morgan fingerprint density at radius 3 is 3.00 bits per heavy atom. The standard InChI is InChI=1S/C16H18N2OS2.ClH/c1-20-14-7-8-21-15(14)16(19)18-13-4-2-3-10-9-11(17)5-6-12(10)13;/h5-9,13H,2-4,17H2,1H3,(H,18,19);1H. The molecule has 118 valence electrons. The van der Waals surface area contributed by atoms with Crippen molar-refractivity contribution in [2.75, 3.05) is 12.0 Å². The molecule has 0 spiro atoms. The Morgan fingerprint density at radius 1 is 1.41 bits per heavy atom. The first-order chi connectivity index (χ1) is 10.2. The summed E-state index contributed by atoms with van der Waals surface area (Å²) in [6, 6.07) is 8.10. The molecule has 1 aliphatic rings. The van der Waals surface area contributed by atoms with E-state index in [1.807, 2.05) is 29.8 Å². The maximum Gasteiger partial charge on any atom is 0.262 e. The summed E-state index contributed by atoms with van der Waals surface area (Å²) < 4.78 is 0. The number of aryl methyl sites for hydroxylation is 1. The highest BCUT2D eigenvalue weighted by molar-refractivity contribution is 7.98. The average molecular weight is 355 g/mol. The van der Waals surface area contributed by atoms with E-state index in [0.29, 0.717) is 0 Å². The fraction of sp³-hybridized carbons (Fsp3) is 0.312. The van der Waals surface area contributed by atoms with Crippen molar-refractivity contribution >= 4 is 47.1 Å². The summed E-state index contributed by atoms with van der Waals surface area (Å²) in [5.74, 6) is 0.0315. The van der Waals surface area contributed by atoms with Gasteiger partial charge in [-0.3, -0.25) is 4.79 Å². The molecule has 0 aliphatic heterocycles. The van der Waals surface area contributed by atoms with E-state index in [9.17, 15) is 4.79 Å². The van der Waals surface area contributed by atoms with Gasteiger partial charge in [0, 0.05) is 10.6 Å². The van der Waals surface area contributed by atoms with Gasteiger partial charge >= 0.3 is 0 Å². The number of thiophene rings is 1. The fourth-order valence-corrected chi connectivity index (χ4v) is 4.48. The summed E-state index contributed by atoms with van der Waals surface area (Å²) in [5.41, 5.74) is 9.13. The van der Waals surface area contributed by atoms with Crippen molar-refractivity contribution in [1.82, 2.24) is 5.32 Å². The van der Waals surface area contributed by atoms with Gasteiger partial charge in [-0.25, -0.2) is 0 Å². The number of carbonyl (C=O) groups is 1. The van der Waals surface area contributed by atoms with Crippen LogP contribution in [0.15, 0.2) is 34.5 Å². The minimum Gasteiger partial charge on any atom is -0.399 e. The topological polar surface area (TPSA) is 55.1 Å². The van der Waals surface area contributed by atoms with Gasteiger partial charge in [0.25, 0.3) is 5.91 Å². The largest absolute Gasteiger partial charge is 0.399 e. The van der Waals surface area contributed by atoms with E-state index in [-0.39, 0.29) is 24.4 Å². The Balaban J connectivity index is 0.00000176. The number of rotatable bonds is 3. The van der Waals surface area contributed by atoms with Crippen LogP contribution in [0.2, 0.25) is 0 Å². The first kappa shape index (κ1) is 17.2. The van der Waals surface area contributed by atoms with E-state index in [4.69, 9.17) is 5.73 Å². The highest BCUT2D eigenvalue weighted by Gasteiger charge is 2.23. The van der Waals surface area contributed by atoms with E-state index >= 15 is 0 Å².